The fourth-order valence-electron chi connectivity index (χ4n) is 1.55. The van der Waals surface area contributed by atoms with Crippen LogP contribution in [0.5, 0.6) is 0 Å². The molecule has 2 aromatic rings. The third-order valence-electron chi connectivity index (χ3n) is 2.48. The highest BCUT2D eigenvalue weighted by atomic mass is 32.2. The molecule has 0 saturated heterocycles. The van der Waals surface area contributed by atoms with E-state index in [1.807, 2.05) is 14.0 Å². The molecule has 0 atom stereocenters. The Labute approximate surface area is 111 Å². The Kier molecular flexibility index (Phi) is 4.78. The molecule has 5 heteroatoms. The van der Waals surface area contributed by atoms with Crippen LogP contribution in [-0.4, -0.2) is 17.2 Å². The third-order valence-corrected chi connectivity index (χ3v) is 3.49. The molecule has 0 saturated carbocycles. The van der Waals surface area contributed by atoms with Crippen LogP contribution in [-0.2, 0) is 18.7 Å². The predicted molar refractivity (Wildman–Crippen MR) is 72.4 cm³/mol. The van der Waals surface area contributed by atoms with E-state index >= 15 is 0 Å². The quantitative estimate of drug-likeness (QED) is 0.812. The maximum absolute atomic E-state index is 5.07. The first-order valence-electron chi connectivity index (χ1n) is 5.99. The summed E-state index contributed by atoms with van der Waals surface area (Å²) in [6, 6.07) is 8.51. The van der Waals surface area contributed by atoms with Gasteiger partial charge in [0.1, 0.15) is 0 Å². The van der Waals surface area contributed by atoms with Gasteiger partial charge in [-0.15, -0.1) is 11.8 Å². The summed E-state index contributed by atoms with van der Waals surface area (Å²) >= 11 is 1.72. The zero-order chi connectivity index (χ0) is 12.8. The number of nitrogens with one attached hydrogen (secondary N) is 1. The van der Waals surface area contributed by atoms with E-state index < -0.39 is 0 Å². The summed E-state index contributed by atoms with van der Waals surface area (Å²) < 4.78 is 5.07. The van der Waals surface area contributed by atoms with E-state index in [-0.39, 0.29) is 0 Å². The third kappa shape index (κ3) is 3.58. The van der Waals surface area contributed by atoms with Crippen molar-refractivity contribution in [2.24, 2.45) is 0 Å². The molecule has 0 radical (unpaired) electrons. The van der Waals surface area contributed by atoms with Crippen LogP contribution in [0.15, 0.2) is 33.7 Å². The molecule has 1 aromatic carbocycles. The van der Waals surface area contributed by atoms with Gasteiger partial charge >= 0.3 is 0 Å². The molecule has 0 aliphatic carbocycles. The number of aromatic nitrogens is 2. The minimum Gasteiger partial charge on any atom is -0.339 e. The van der Waals surface area contributed by atoms with Gasteiger partial charge in [0, 0.05) is 17.9 Å². The Morgan fingerprint density at radius 3 is 2.67 bits per heavy atom. The Bertz CT molecular complexity index is 481. The lowest BCUT2D eigenvalue weighted by Gasteiger charge is -2.02. The zero-order valence-corrected chi connectivity index (χ0v) is 11.5. The molecule has 4 nitrogen and oxygen atoms in total. The Morgan fingerprint density at radius 2 is 2.06 bits per heavy atom. The van der Waals surface area contributed by atoms with Crippen LogP contribution in [0.1, 0.15) is 24.2 Å². The molecule has 0 aliphatic heterocycles. The van der Waals surface area contributed by atoms with E-state index in [0.29, 0.717) is 5.89 Å². The molecule has 0 aliphatic rings. The van der Waals surface area contributed by atoms with Gasteiger partial charge in [-0.25, -0.2) is 0 Å². The minimum atomic E-state index is 0.704. The molecule has 1 aromatic heterocycles. The van der Waals surface area contributed by atoms with Crippen LogP contribution in [0.3, 0.4) is 0 Å². The summed E-state index contributed by atoms with van der Waals surface area (Å²) in [6.07, 6.45) is 0.788. The van der Waals surface area contributed by atoms with E-state index in [1.54, 1.807) is 11.8 Å². The lowest BCUT2D eigenvalue weighted by molar-refractivity contribution is 0.378. The van der Waals surface area contributed by atoms with Gasteiger partial charge in [0.2, 0.25) is 5.89 Å². The summed E-state index contributed by atoms with van der Waals surface area (Å²) in [7, 11) is 1.95. The second-order valence-electron chi connectivity index (χ2n) is 3.92. The van der Waals surface area contributed by atoms with Crippen LogP contribution in [0.4, 0.5) is 0 Å². The molecule has 1 N–H and O–H groups in total. The van der Waals surface area contributed by atoms with Crippen molar-refractivity contribution >= 4 is 11.8 Å². The van der Waals surface area contributed by atoms with Gasteiger partial charge in [0.05, 0.1) is 5.75 Å². The van der Waals surface area contributed by atoms with Crippen molar-refractivity contribution in [1.82, 2.24) is 15.5 Å². The molecule has 2 rings (SSSR count). The maximum Gasteiger partial charge on any atom is 0.226 e. The molecule has 96 valence electrons. The van der Waals surface area contributed by atoms with Gasteiger partial charge in [-0.2, -0.15) is 4.98 Å². The normalized spacial score (nSPS) is 10.8. The van der Waals surface area contributed by atoms with E-state index in [9.17, 15) is 0 Å². The van der Waals surface area contributed by atoms with Crippen molar-refractivity contribution in [2.45, 2.75) is 30.5 Å². The predicted octanol–water partition coefficient (Wildman–Crippen LogP) is 2.64. The number of hydrogen-bond donors (Lipinski definition) is 1. The Hall–Kier alpha value is -1.33. The standard InChI is InChI=1S/C13H17N3OS/c1-3-13-15-12(16-17-13)9-18-11-6-4-10(5-7-11)8-14-2/h4-7,14H,3,8-9H2,1-2H3. The van der Waals surface area contributed by atoms with Crippen molar-refractivity contribution in [3.05, 3.63) is 41.5 Å². The van der Waals surface area contributed by atoms with Gasteiger partial charge in [-0.1, -0.05) is 24.2 Å². The van der Waals surface area contributed by atoms with Crippen molar-refractivity contribution < 1.29 is 4.52 Å². The van der Waals surface area contributed by atoms with E-state index in [4.69, 9.17) is 4.52 Å². The maximum atomic E-state index is 5.07. The SMILES string of the molecule is CCc1nc(CSc2ccc(CNC)cc2)no1. The Balaban J connectivity index is 1.89. The lowest BCUT2D eigenvalue weighted by atomic mass is 10.2. The van der Waals surface area contributed by atoms with Gasteiger partial charge < -0.3 is 9.84 Å². The minimum absolute atomic E-state index is 0.704. The average Bonchev–Trinajstić information content (AvgIpc) is 2.86. The summed E-state index contributed by atoms with van der Waals surface area (Å²) in [5.41, 5.74) is 1.29. The topological polar surface area (TPSA) is 51.0 Å². The van der Waals surface area contributed by atoms with Gasteiger partial charge in [0.25, 0.3) is 0 Å². The molecule has 0 fully saturated rings. The van der Waals surface area contributed by atoms with E-state index in [0.717, 1.165) is 24.5 Å². The molecular weight excluding hydrogens is 246 g/mol. The highest BCUT2D eigenvalue weighted by Crippen LogP contribution is 2.21. The molecule has 0 amide bonds. The fourth-order valence-corrected chi connectivity index (χ4v) is 2.29. The molecule has 0 unspecified atom stereocenters. The molecule has 0 spiro atoms. The number of hydrogen-bond acceptors (Lipinski definition) is 5. The Morgan fingerprint density at radius 1 is 1.28 bits per heavy atom. The molecular formula is C13H17N3OS. The highest BCUT2D eigenvalue weighted by molar-refractivity contribution is 7.98. The number of rotatable bonds is 6. The zero-order valence-electron chi connectivity index (χ0n) is 10.6. The number of benzene rings is 1. The van der Waals surface area contributed by atoms with Crippen LogP contribution in [0, 0.1) is 0 Å². The first kappa shape index (κ1) is 13.1. The number of thioether (sulfide) groups is 1. The van der Waals surface area contributed by atoms with Crippen LogP contribution < -0.4 is 5.32 Å². The first-order chi connectivity index (χ1) is 8.81. The van der Waals surface area contributed by atoms with Crippen molar-refractivity contribution in [3.8, 4) is 0 Å². The smallest absolute Gasteiger partial charge is 0.226 e. The van der Waals surface area contributed by atoms with Gasteiger partial charge in [-0.05, 0) is 24.7 Å². The van der Waals surface area contributed by atoms with Crippen molar-refractivity contribution in [1.29, 1.82) is 0 Å². The fraction of sp³-hybridized carbons (Fsp3) is 0.385. The number of aryl methyl sites for hydroxylation is 1. The largest absolute Gasteiger partial charge is 0.339 e. The lowest BCUT2D eigenvalue weighted by Crippen LogP contribution is -2.04. The summed E-state index contributed by atoms with van der Waals surface area (Å²) in [5, 5.41) is 7.06. The van der Waals surface area contributed by atoms with E-state index in [1.165, 1.54) is 10.5 Å². The summed E-state index contributed by atoms with van der Waals surface area (Å²) in [5.74, 6) is 2.21. The van der Waals surface area contributed by atoms with Crippen LogP contribution >= 0.6 is 11.8 Å². The van der Waals surface area contributed by atoms with Crippen LogP contribution in [0.25, 0.3) is 0 Å². The van der Waals surface area contributed by atoms with E-state index in [2.05, 4.69) is 39.7 Å². The van der Waals surface area contributed by atoms with Gasteiger partial charge in [0.15, 0.2) is 5.82 Å². The van der Waals surface area contributed by atoms with Crippen molar-refractivity contribution in [3.63, 3.8) is 0 Å². The van der Waals surface area contributed by atoms with Crippen LogP contribution in [0.2, 0.25) is 0 Å². The summed E-state index contributed by atoms with van der Waals surface area (Å²) in [4.78, 5) is 5.50. The monoisotopic (exact) mass is 263 g/mol. The second kappa shape index (κ2) is 6.56. The van der Waals surface area contributed by atoms with Crippen molar-refractivity contribution in [2.75, 3.05) is 7.05 Å². The highest BCUT2D eigenvalue weighted by Gasteiger charge is 2.04. The second-order valence-corrected chi connectivity index (χ2v) is 4.97. The molecule has 1 heterocycles. The first-order valence-corrected chi connectivity index (χ1v) is 6.98. The average molecular weight is 263 g/mol. The number of nitrogens with zero attached hydrogens (tertiary/aromatic N) is 2. The summed E-state index contributed by atoms with van der Waals surface area (Å²) in [6.45, 7) is 2.90. The molecule has 18 heavy (non-hydrogen) atoms. The molecule has 0 bridgehead atoms. The van der Waals surface area contributed by atoms with Gasteiger partial charge in [-0.3, -0.25) is 0 Å².